The van der Waals surface area contributed by atoms with E-state index in [2.05, 4.69) is 44.9 Å². The molecular formula is C21H28N2O. The van der Waals surface area contributed by atoms with Crippen molar-refractivity contribution in [3.05, 3.63) is 64.2 Å². The second-order valence-corrected chi connectivity index (χ2v) is 6.14. The molecule has 0 bridgehead atoms. The standard InChI is InChI=1S/C19H22N2O.C2H6/c1-12-10-11-17(14(3)13(12)2)20(4)18-15-8-6-7-9-16(15)19(22)21(18)5;1-2/h6-11,18H,1-5H3;1-2H3. The van der Waals surface area contributed by atoms with Crippen LogP contribution in [0, 0.1) is 20.8 Å². The van der Waals surface area contributed by atoms with Crippen LogP contribution in [-0.2, 0) is 0 Å². The Kier molecular flexibility index (Phi) is 5.33. The smallest absolute Gasteiger partial charge is 0.255 e. The minimum Gasteiger partial charge on any atom is -0.350 e. The van der Waals surface area contributed by atoms with Crippen molar-refractivity contribution < 1.29 is 4.79 Å². The van der Waals surface area contributed by atoms with E-state index in [9.17, 15) is 4.79 Å². The summed E-state index contributed by atoms with van der Waals surface area (Å²) in [5, 5.41) is 0. The van der Waals surface area contributed by atoms with E-state index in [0.717, 1.165) is 11.1 Å². The van der Waals surface area contributed by atoms with Crippen molar-refractivity contribution in [1.82, 2.24) is 4.90 Å². The van der Waals surface area contributed by atoms with Crippen LogP contribution in [0.15, 0.2) is 36.4 Å². The minimum absolute atomic E-state index is 0.0514. The van der Waals surface area contributed by atoms with Crippen molar-refractivity contribution in [3.8, 4) is 0 Å². The highest BCUT2D eigenvalue weighted by Crippen LogP contribution is 2.38. The topological polar surface area (TPSA) is 23.6 Å². The van der Waals surface area contributed by atoms with Gasteiger partial charge in [-0.05, 0) is 49.6 Å². The normalized spacial score (nSPS) is 15.7. The highest BCUT2D eigenvalue weighted by Gasteiger charge is 2.36. The molecule has 3 nitrogen and oxygen atoms in total. The lowest BCUT2D eigenvalue weighted by molar-refractivity contribution is 0.0774. The number of rotatable bonds is 2. The Morgan fingerprint density at radius 2 is 1.58 bits per heavy atom. The fraction of sp³-hybridized carbons (Fsp3) is 0.381. The van der Waals surface area contributed by atoms with Gasteiger partial charge in [-0.1, -0.05) is 38.1 Å². The summed E-state index contributed by atoms with van der Waals surface area (Å²) in [4.78, 5) is 16.5. The molecule has 1 amide bonds. The van der Waals surface area contributed by atoms with Gasteiger partial charge >= 0.3 is 0 Å². The van der Waals surface area contributed by atoms with Gasteiger partial charge in [-0.15, -0.1) is 0 Å². The molecular weight excluding hydrogens is 296 g/mol. The number of carbonyl (C=O) groups excluding carboxylic acids is 1. The Hall–Kier alpha value is -2.29. The summed E-state index contributed by atoms with van der Waals surface area (Å²) < 4.78 is 0. The number of nitrogens with zero attached hydrogens (tertiary/aromatic N) is 2. The molecule has 1 unspecified atom stereocenters. The number of benzene rings is 2. The summed E-state index contributed by atoms with van der Waals surface area (Å²) in [6.07, 6.45) is -0.0514. The largest absolute Gasteiger partial charge is 0.350 e. The number of hydrogen-bond acceptors (Lipinski definition) is 2. The third-order valence-corrected chi connectivity index (χ3v) is 4.93. The molecule has 0 saturated carbocycles. The second-order valence-electron chi connectivity index (χ2n) is 6.14. The van der Waals surface area contributed by atoms with Gasteiger partial charge in [0.1, 0.15) is 6.17 Å². The van der Waals surface area contributed by atoms with Crippen LogP contribution >= 0.6 is 0 Å². The van der Waals surface area contributed by atoms with Crippen molar-refractivity contribution in [2.75, 3.05) is 19.0 Å². The van der Waals surface area contributed by atoms with Crippen molar-refractivity contribution in [3.63, 3.8) is 0 Å². The zero-order valence-corrected chi connectivity index (χ0v) is 15.8. The first-order valence-electron chi connectivity index (χ1n) is 8.59. The molecule has 128 valence electrons. The van der Waals surface area contributed by atoms with Gasteiger partial charge in [-0.2, -0.15) is 0 Å². The second kappa shape index (κ2) is 7.08. The molecule has 2 aromatic rings. The van der Waals surface area contributed by atoms with Gasteiger partial charge in [0.15, 0.2) is 0 Å². The Labute approximate surface area is 145 Å². The predicted molar refractivity (Wildman–Crippen MR) is 102 cm³/mol. The number of amides is 1. The van der Waals surface area contributed by atoms with E-state index in [4.69, 9.17) is 0 Å². The molecule has 1 aliphatic rings. The van der Waals surface area contributed by atoms with Crippen LogP contribution in [0.2, 0.25) is 0 Å². The Balaban J connectivity index is 0.00000100. The third-order valence-electron chi connectivity index (χ3n) is 4.93. The number of fused-ring (bicyclic) bond motifs is 1. The minimum atomic E-state index is -0.0514. The maximum Gasteiger partial charge on any atom is 0.255 e. The molecule has 3 heteroatoms. The first-order chi connectivity index (χ1) is 11.4. The molecule has 0 saturated heterocycles. The monoisotopic (exact) mass is 324 g/mol. The van der Waals surface area contributed by atoms with E-state index < -0.39 is 0 Å². The molecule has 1 heterocycles. The lowest BCUT2D eigenvalue weighted by Crippen LogP contribution is -2.35. The zero-order chi connectivity index (χ0) is 18.0. The van der Waals surface area contributed by atoms with Crippen molar-refractivity contribution >= 4 is 11.6 Å². The number of carbonyl (C=O) groups is 1. The molecule has 0 fully saturated rings. The van der Waals surface area contributed by atoms with Gasteiger partial charge in [-0.25, -0.2) is 0 Å². The molecule has 1 aliphatic heterocycles. The summed E-state index contributed by atoms with van der Waals surface area (Å²) in [7, 11) is 3.94. The lowest BCUT2D eigenvalue weighted by atomic mass is 10.0. The summed E-state index contributed by atoms with van der Waals surface area (Å²) in [5.74, 6) is 0.0916. The van der Waals surface area contributed by atoms with Crippen LogP contribution in [-0.4, -0.2) is 24.9 Å². The van der Waals surface area contributed by atoms with Gasteiger partial charge in [0.2, 0.25) is 0 Å². The van der Waals surface area contributed by atoms with Crippen molar-refractivity contribution in [2.24, 2.45) is 0 Å². The van der Waals surface area contributed by atoms with E-state index in [0.29, 0.717) is 0 Å². The van der Waals surface area contributed by atoms with E-state index in [-0.39, 0.29) is 12.1 Å². The Morgan fingerprint density at radius 3 is 2.25 bits per heavy atom. The van der Waals surface area contributed by atoms with Crippen molar-refractivity contribution in [2.45, 2.75) is 40.8 Å². The van der Waals surface area contributed by atoms with Gasteiger partial charge in [0.05, 0.1) is 0 Å². The van der Waals surface area contributed by atoms with E-state index in [1.165, 1.54) is 22.4 Å². The molecule has 0 N–H and O–H groups in total. The van der Waals surface area contributed by atoms with Gasteiger partial charge in [-0.3, -0.25) is 4.79 Å². The molecule has 0 radical (unpaired) electrons. The lowest BCUT2D eigenvalue weighted by Gasteiger charge is -2.34. The number of hydrogen-bond donors (Lipinski definition) is 0. The summed E-state index contributed by atoms with van der Waals surface area (Å²) >= 11 is 0. The summed E-state index contributed by atoms with van der Waals surface area (Å²) in [6, 6.07) is 12.2. The van der Waals surface area contributed by atoms with Gasteiger partial charge < -0.3 is 9.80 Å². The molecule has 2 aromatic carbocycles. The van der Waals surface area contributed by atoms with Gasteiger partial charge in [0, 0.05) is 30.9 Å². The molecule has 0 aromatic heterocycles. The number of aryl methyl sites for hydroxylation is 1. The van der Waals surface area contributed by atoms with Crippen LogP contribution in [0.4, 0.5) is 5.69 Å². The summed E-state index contributed by atoms with van der Waals surface area (Å²) in [5.41, 5.74) is 6.94. The molecule has 3 rings (SSSR count). The Bertz CT molecular complexity index is 751. The molecule has 0 aliphatic carbocycles. The average molecular weight is 324 g/mol. The van der Waals surface area contributed by atoms with E-state index in [1.54, 1.807) is 0 Å². The quantitative estimate of drug-likeness (QED) is 0.787. The van der Waals surface area contributed by atoms with Crippen LogP contribution in [0.1, 0.15) is 52.6 Å². The SMILES string of the molecule is CC.Cc1ccc(N(C)C2c3ccccc3C(=O)N2C)c(C)c1C. The van der Waals surface area contributed by atoms with E-state index >= 15 is 0 Å². The first-order valence-corrected chi connectivity index (χ1v) is 8.59. The molecule has 0 spiro atoms. The predicted octanol–water partition coefficient (Wildman–Crippen LogP) is 4.86. The van der Waals surface area contributed by atoms with Crippen LogP contribution in [0.5, 0.6) is 0 Å². The van der Waals surface area contributed by atoms with Gasteiger partial charge in [0.25, 0.3) is 5.91 Å². The maximum atomic E-state index is 12.4. The maximum absolute atomic E-state index is 12.4. The van der Waals surface area contributed by atoms with Crippen LogP contribution in [0.25, 0.3) is 0 Å². The fourth-order valence-electron chi connectivity index (χ4n) is 3.35. The van der Waals surface area contributed by atoms with Crippen LogP contribution in [0.3, 0.4) is 0 Å². The third kappa shape index (κ3) is 2.79. The van der Waals surface area contributed by atoms with Crippen LogP contribution < -0.4 is 4.90 Å². The molecule has 24 heavy (non-hydrogen) atoms. The first kappa shape index (κ1) is 18.1. The highest BCUT2D eigenvalue weighted by molar-refractivity contribution is 5.99. The van der Waals surface area contributed by atoms with E-state index in [1.807, 2.05) is 50.1 Å². The average Bonchev–Trinajstić information content (AvgIpc) is 2.86. The van der Waals surface area contributed by atoms with Crippen molar-refractivity contribution in [1.29, 1.82) is 0 Å². The fourth-order valence-corrected chi connectivity index (χ4v) is 3.35. The molecule has 1 atom stereocenters. The highest BCUT2D eigenvalue weighted by atomic mass is 16.2. The zero-order valence-electron chi connectivity index (χ0n) is 15.8. The summed E-state index contributed by atoms with van der Waals surface area (Å²) in [6.45, 7) is 10.4. The Morgan fingerprint density at radius 1 is 0.958 bits per heavy atom. The number of anilines is 1.